The summed E-state index contributed by atoms with van der Waals surface area (Å²) in [4.78, 5) is 23.6. The molecule has 0 radical (unpaired) electrons. The minimum Gasteiger partial charge on any atom is -0.493 e. The van der Waals surface area contributed by atoms with Crippen LogP contribution in [-0.2, 0) is 19.1 Å². The number of carbonyl (C=O) groups excluding carboxylic acids is 2. The SMILES string of the molecule is COc1c(F)cc(C=C2C(=O)OC(C)(C)OC2=O)cc1I. The Morgan fingerprint density at radius 3 is 2.29 bits per heavy atom. The molecular weight excluding hydrogens is 394 g/mol. The third kappa shape index (κ3) is 3.34. The van der Waals surface area contributed by atoms with Gasteiger partial charge < -0.3 is 14.2 Å². The molecule has 0 atom stereocenters. The molecule has 1 heterocycles. The van der Waals surface area contributed by atoms with Gasteiger partial charge in [-0.3, -0.25) is 0 Å². The monoisotopic (exact) mass is 406 g/mol. The number of cyclic esters (lactones) is 2. The van der Waals surface area contributed by atoms with Crippen LogP contribution in [0, 0.1) is 9.39 Å². The maximum absolute atomic E-state index is 13.8. The number of halogens is 2. The van der Waals surface area contributed by atoms with E-state index in [1.54, 1.807) is 6.07 Å². The van der Waals surface area contributed by atoms with E-state index < -0.39 is 23.5 Å². The molecule has 1 fully saturated rings. The molecule has 1 aliphatic heterocycles. The number of methoxy groups -OCH3 is 1. The molecule has 0 aliphatic carbocycles. The Balaban J connectivity index is 2.40. The highest BCUT2D eigenvalue weighted by molar-refractivity contribution is 14.1. The summed E-state index contributed by atoms with van der Waals surface area (Å²) in [6.07, 6.45) is 1.23. The van der Waals surface area contributed by atoms with Gasteiger partial charge in [0.05, 0.1) is 10.7 Å². The van der Waals surface area contributed by atoms with Crippen molar-refractivity contribution < 1.29 is 28.2 Å². The number of benzene rings is 1. The summed E-state index contributed by atoms with van der Waals surface area (Å²) in [6, 6.07) is 2.74. The topological polar surface area (TPSA) is 61.8 Å². The Hall–Kier alpha value is -1.64. The predicted molar refractivity (Wildman–Crippen MR) is 79.9 cm³/mol. The lowest BCUT2D eigenvalue weighted by Gasteiger charge is -2.29. The van der Waals surface area contributed by atoms with Crippen molar-refractivity contribution in [2.45, 2.75) is 19.6 Å². The van der Waals surface area contributed by atoms with E-state index >= 15 is 0 Å². The fourth-order valence-corrected chi connectivity index (χ4v) is 2.64. The Morgan fingerprint density at radius 1 is 1.24 bits per heavy atom. The number of carbonyl (C=O) groups is 2. The lowest BCUT2D eigenvalue weighted by molar-refractivity contribution is -0.222. The number of hydrogen-bond acceptors (Lipinski definition) is 5. The van der Waals surface area contributed by atoms with E-state index in [2.05, 4.69) is 0 Å². The van der Waals surface area contributed by atoms with Gasteiger partial charge in [-0.2, -0.15) is 0 Å². The average molecular weight is 406 g/mol. The van der Waals surface area contributed by atoms with Gasteiger partial charge in [0.1, 0.15) is 5.57 Å². The molecule has 1 aromatic carbocycles. The Bertz CT molecular complexity index is 606. The smallest absolute Gasteiger partial charge is 0.348 e. The molecule has 0 bridgehead atoms. The molecule has 0 unspecified atom stereocenters. The zero-order valence-electron chi connectivity index (χ0n) is 11.5. The molecule has 7 heteroatoms. The van der Waals surface area contributed by atoms with Gasteiger partial charge in [0, 0.05) is 13.8 Å². The molecule has 0 N–H and O–H groups in total. The van der Waals surface area contributed by atoms with Crippen LogP contribution in [0.2, 0.25) is 0 Å². The highest BCUT2D eigenvalue weighted by atomic mass is 127. The maximum atomic E-state index is 13.8. The summed E-state index contributed by atoms with van der Waals surface area (Å²) in [5.41, 5.74) is 0.0518. The van der Waals surface area contributed by atoms with Crippen LogP contribution >= 0.6 is 22.6 Å². The molecule has 1 saturated heterocycles. The van der Waals surface area contributed by atoms with Gasteiger partial charge in [-0.05, 0) is 46.4 Å². The van der Waals surface area contributed by atoms with Crippen LogP contribution in [0.25, 0.3) is 6.08 Å². The number of ether oxygens (including phenoxy) is 3. The van der Waals surface area contributed by atoms with Gasteiger partial charge >= 0.3 is 11.9 Å². The van der Waals surface area contributed by atoms with Crippen molar-refractivity contribution in [3.8, 4) is 5.75 Å². The number of esters is 2. The van der Waals surface area contributed by atoms with Crippen molar-refractivity contribution >= 4 is 40.6 Å². The second-order valence-electron chi connectivity index (χ2n) is 4.75. The lowest BCUT2D eigenvalue weighted by Crippen LogP contribution is -2.41. The highest BCUT2D eigenvalue weighted by Gasteiger charge is 2.38. The van der Waals surface area contributed by atoms with Crippen molar-refractivity contribution in [1.29, 1.82) is 0 Å². The normalized spacial score (nSPS) is 17.1. The number of hydrogen-bond donors (Lipinski definition) is 0. The third-order valence-electron chi connectivity index (χ3n) is 2.65. The minimum absolute atomic E-state index is 0.104. The fourth-order valence-electron chi connectivity index (χ4n) is 1.80. The van der Waals surface area contributed by atoms with E-state index in [4.69, 9.17) is 14.2 Å². The molecule has 21 heavy (non-hydrogen) atoms. The standard InChI is InChI=1S/C14H12FIO5/c1-14(2)20-12(17)8(13(18)21-14)4-7-5-9(15)11(19-3)10(16)6-7/h4-6H,1-3H3. The molecular formula is C14H12FIO5. The number of rotatable bonds is 2. The van der Waals surface area contributed by atoms with Gasteiger partial charge in [-0.25, -0.2) is 14.0 Å². The van der Waals surface area contributed by atoms with Gasteiger partial charge in [-0.1, -0.05) is 0 Å². The van der Waals surface area contributed by atoms with E-state index in [1.165, 1.54) is 27.0 Å². The molecule has 0 saturated carbocycles. The van der Waals surface area contributed by atoms with Crippen molar-refractivity contribution in [2.75, 3.05) is 7.11 Å². The first kappa shape index (κ1) is 15.7. The Labute approximate surface area is 134 Å². The van der Waals surface area contributed by atoms with Crippen LogP contribution < -0.4 is 4.74 Å². The van der Waals surface area contributed by atoms with Gasteiger partial charge in [0.15, 0.2) is 11.6 Å². The molecule has 1 aromatic rings. The molecule has 2 rings (SSSR count). The molecule has 5 nitrogen and oxygen atoms in total. The fraction of sp³-hybridized carbons (Fsp3) is 0.286. The van der Waals surface area contributed by atoms with Crippen LogP contribution in [-0.4, -0.2) is 24.8 Å². The van der Waals surface area contributed by atoms with E-state index in [0.717, 1.165) is 6.07 Å². The van der Waals surface area contributed by atoms with Crippen LogP contribution in [0.1, 0.15) is 19.4 Å². The quantitative estimate of drug-likeness (QED) is 0.327. The Kier molecular flexibility index (Phi) is 4.22. The van der Waals surface area contributed by atoms with Crippen LogP contribution in [0.4, 0.5) is 4.39 Å². The molecule has 1 aliphatic rings. The molecule has 0 aromatic heterocycles. The maximum Gasteiger partial charge on any atom is 0.348 e. The van der Waals surface area contributed by atoms with Crippen molar-refractivity contribution in [3.63, 3.8) is 0 Å². The van der Waals surface area contributed by atoms with Crippen LogP contribution in [0.5, 0.6) is 5.75 Å². The zero-order chi connectivity index (χ0) is 15.8. The van der Waals surface area contributed by atoms with Crippen molar-refractivity contribution in [2.24, 2.45) is 0 Å². The summed E-state index contributed by atoms with van der Waals surface area (Å²) in [6.45, 7) is 2.91. The summed E-state index contributed by atoms with van der Waals surface area (Å²) in [7, 11) is 1.36. The summed E-state index contributed by atoms with van der Waals surface area (Å²) < 4.78 is 29.1. The van der Waals surface area contributed by atoms with Gasteiger partial charge in [0.2, 0.25) is 0 Å². The van der Waals surface area contributed by atoms with Gasteiger partial charge in [-0.15, -0.1) is 0 Å². The van der Waals surface area contributed by atoms with E-state index in [-0.39, 0.29) is 11.3 Å². The van der Waals surface area contributed by atoms with E-state index in [1.807, 2.05) is 22.6 Å². The second kappa shape index (κ2) is 5.63. The predicted octanol–water partition coefficient (Wildman–Crippen LogP) is 2.66. The first-order chi connectivity index (χ1) is 9.73. The lowest BCUT2D eigenvalue weighted by atomic mass is 10.1. The molecule has 0 amide bonds. The third-order valence-corrected chi connectivity index (χ3v) is 3.45. The zero-order valence-corrected chi connectivity index (χ0v) is 13.7. The first-order valence-corrected chi connectivity index (χ1v) is 7.03. The summed E-state index contributed by atoms with van der Waals surface area (Å²) in [5, 5.41) is 0. The molecule has 0 spiro atoms. The summed E-state index contributed by atoms with van der Waals surface area (Å²) in [5.74, 6) is -3.39. The Morgan fingerprint density at radius 2 is 1.81 bits per heavy atom. The second-order valence-corrected chi connectivity index (χ2v) is 5.92. The molecule has 112 valence electrons. The van der Waals surface area contributed by atoms with Crippen molar-refractivity contribution in [3.05, 3.63) is 32.7 Å². The van der Waals surface area contributed by atoms with Gasteiger partial charge in [0.25, 0.3) is 5.79 Å². The van der Waals surface area contributed by atoms with Crippen molar-refractivity contribution in [1.82, 2.24) is 0 Å². The van der Waals surface area contributed by atoms with Crippen LogP contribution in [0.15, 0.2) is 17.7 Å². The van der Waals surface area contributed by atoms with Crippen LogP contribution in [0.3, 0.4) is 0 Å². The largest absolute Gasteiger partial charge is 0.493 e. The summed E-state index contributed by atoms with van der Waals surface area (Å²) >= 11 is 1.90. The van der Waals surface area contributed by atoms with E-state index in [9.17, 15) is 14.0 Å². The van der Waals surface area contributed by atoms with E-state index in [0.29, 0.717) is 9.13 Å². The average Bonchev–Trinajstić information content (AvgIpc) is 2.32. The first-order valence-electron chi connectivity index (χ1n) is 5.95. The minimum atomic E-state index is -1.30. The highest BCUT2D eigenvalue weighted by Crippen LogP contribution is 2.28.